The average Bonchev–Trinajstić information content (AvgIpc) is 2.95. The number of imidazole rings is 1. The molecule has 1 N–H and O–H groups in total. The van der Waals surface area contributed by atoms with Gasteiger partial charge in [0.15, 0.2) is 5.15 Å². The molecule has 0 saturated carbocycles. The summed E-state index contributed by atoms with van der Waals surface area (Å²) >= 11 is 12.5. The van der Waals surface area contributed by atoms with Crippen molar-refractivity contribution in [3.63, 3.8) is 0 Å². The van der Waals surface area contributed by atoms with E-state index in [2.05, 4.69) is 10.3 Å². The summed E-state index contributed by atoms with van der Waals surface area (Å²) in [5.41, 5.74) is 4.19. The van der Waals surface area contributed by atoms with Crippen molar-refractivity contribution in [2.45, 2.75) is 26.7 Å². The zero-order valence-corrected chi connectivity index (χ0v) is 16.1. The number of hydrogen-bond acceptors (Lipinski definition) is 2. The Kier molecular flexibility index (Phi) is 5.64. The molecule has 0 saturated heterocycles. The lowest BCUT2D eigenvalue weighted by Crippen LogP contribution is -2.12. The van der Waals surface area contributed by atoms with Crippen molar-refractivity contribution < 1.29 is 4.79 Å². The third kappa shape index (κ3) is 3.62. The minimum atomic E-state index is -0.237. The van der Waals surface area contributed by atoms with E-state index in [0.29, 0.717) is 15.9 Å². The number of benzene rings is 1. The zero-order valence-electron chi connectivity index (χ0n) is 14.6. The summed E-state index contributed by atoms with van der Waals surface area (Å²) < 4.78 is 1.83. The Morgan fingerprint density at radius 3 is 2.73 bits per heavy atom. The topological polar surface area (TPSA) is 46.4 Å². The maximum absolute atomic E-state index is 12.5. The second kappa shape index (κ2) is 7.94. The molecule has 0 aliphatic rings. The standard InChI is InChI=1S/C20H19Cl2N3O/c1-3-13-8-9-15(21)14(4-2)19(13)24-18(26)11-10-16-20(22)23-17-7-5-6-12-25(16)17/h5-12H,3-4H2,1-2H3,(H,24,26)/b11-10+. The van der Waals surface area contributed by atoms with Gasteiger partial charge < -0.3 is 5.32 Å². The Morgan fingerprint density at radius 2 is 2.00 bits per heavy atom. The molecular weight excluding hydrogens is 369 g/mol. The van der Waals surface area contributed by atoms with Crippen molar-refractivity contribution in [3.05, 3.63) is 69.6 Å². The predicted octanol–water partition coefficient (Wildman–Crippen LogP) is 5.42. The van der Waals surface area contributed by atoms with Crippen LogP contribution >= 0.6 is 23.2 Å². The number of anilines is 1. The molecule has 0 aliphatic carbocycles. The molecule has 0 spiro atoms. The van der Waals surface area contributed by atoms with Crippen molar-refractivity contribution in [1.82, 2.24) is 9.38 Å². The van der Waals surface area contributed by atoms with E-state index < -0.39 is 0 Å². The minimum absolute atomic E-state index is 0.237. The highest BCUT2D eigenvalue weighted by atomic mass is 35.5. The fraction of sp³-hybridized carbons (Fsp3) is 0.200. The van der Waals surface area contributed by atoms with Crippen molar-refractivity contribution in [1.29, 1.82) is 0 Å². The number of halogens is 2. The summed E-state index contributed by atoms with van der Waals surface area (Å²) in [6, 6.07) is 9.45. The molecule has 26 heavy (non-hydrogen) atoms. The molecule has 0 radical (unpaired) electrons. The molecule has 0 atom stereocenters. The highest BCUT2D eigenvalue weighted by Gasteiger charge is 2.13. The number of nitrogens with zero attached hydrogens (tertiary/aromatic N) is 2. The number of carbonyl (C=O) groups excluding carboxylic acids is 1. The monoisotopic (exact) mass is 387 g/mol. The number of aromatic nitrogens is 2. The van der Waals surface area contributed by atoms with Gasteiger partial charge in [-0.2, -0.15) is 0 Å². The van der Waals surface area contributed by atoms with Crippen LogP contribution in [0.5, 0.6) is 0 Å². The number of pyridine rings is 1. The van der Waals surface area contributed by atoms with E-state index in [1.807, 2.05) is 54.8 Å². The molecule has 3 aromatic rings. The first-order chi connectivity index (χ1) is 12.5. The van der Waals surface area contributed by atoms with Gasteiger partial charge in [0.05, 0.1) is 5.69 Å². The van der Waals surface area contributed by atoms with E-state index >= 15 is 0 Å². The van der Waals surface area contributed by atoms with Crippen molar-refractivity contribution in [3.8, 4) is 0 Å². The lowest BCUT2D eigenvalue weighted by Gasteiger charge is -2.15. The molecular formula is C20H19Cl2N3O. The van der Waals surface area contributed by atoms with Gasteiger partial charge in [0.2, 0.25) is 5.91 Å². The predicted molar refractivity (Wildman–Crippen MR) is 108 cm³/mol. The van der Waals surface area contributed by atoms with Crippen LogP contribution in [0.2, 0.25) is 10.2 Å². The summed E-state index contributed by atoms with van der Waals surface area (Å²) in [7, 11) is 0. The summed E-state index contributed by atoms with van der Waals surface area (Å²) in [5, 5.41) is 3.98. The van der Waals surface area contributed by atoms with Gasteiger partial charge in [-0.25, -0.2) is 4.98 Å². The van der Waals surface area contributed by atoms with E-state index in [1.165, 1.54) is 6.08 Å². The van der Waals surface area contributed by atoms with Crippen LogP contribution in [0.4, 0.5) is 5.69 Å². The van der Waals surface area contributed by atoms with Gasteiger partial charge >= 0.3 is 0 Å². The molecule has 0 unspecified atom stereocenters. The fourth-order valence-electron chi connectivity index (χ4n) is 2.92. The number of hydrogen-bond donors (Lipinski definition) is 1. The van der Waals surface area contributed by atoms with Crippen LogP contribution in [0.1, 0.15) is 30.7 Å². The Bertz CT molecular complexity index is 992. The van der Waals surface area contributed by atoms with Crippen LogP contribution < -0.4 is 5.32 Å². The third-order valence-corrected chi connectivity index (χ3v) is 4.87. The van der Waals surface area contributed by atoms with Crippen LogP contribution in [0, 0.1) is 0 Å². The largest absolute Gasteiger partial charge is 0.322 e. The molecule has 134 valence electrons. The molecule has 0 fully saturated rings. The zero-order chi connectivity index (χ0) is 18.7. The number of aryl methyl sites for hydroxylation is 1. The van der Waals surface area contributed by atoms with Crippen LogP contribution in [0.15, 0.2) is 42.6 Å². The molecule has 6 heteroatoms. The van der Waals surface area contributed by atoms with E-state index in [9.17, 15) is 4.79 Å². The smallest absolute Gasteiger partial charge is 0.248 e. The van der Waals surface area contributed by atoms with E-state index in [0.717, 1.165) is 35.3 Å². The molecule has 0 aliphatic heterocycles. The number of rotatable bonds is 5. The van der Waals surface area contributed by atoms with E-state index in [-0.39, 0.29) is 5.91 Å². The van der Waals surface area contributed by atoms with E-state index in [1.54, 1.807) is 6.08 Å². The average molecular weight is 388 g/mol. The molecule has 2 heterocycles. The first-order valence-corrected chi connectivity index (χ1v) is 9.22. The maximum atomic E-state index is 12.5. The van der Waals surface area contributed by atoms with Crippen molar-refractivity contribution >= 4 is 46.5 Å². The lowest BCUT2D eigenvalue weighted by atomic mass is 10.0. The molecule has 0 bridgehead atoms. The Hall–Kier alpha value is -2.30. The highest BCUT2D eigenvalue weighted by molar-refractivity contribution is 6.32. The second-order valence-corrected chi connectivity index (χ2v) is 6.57. The molecule has 1 aromatic carbocycles. The molecule has 4 nitrogen and oxygen atoms in total. The highest BCUT2D eigenvalue weighted by Crippen LogP contribution is 2.29. The number of nitrogens with one attached hydrogen (secondary N) is 1. The SMILES string of the molecule is CCc1ccc(Cl)c(CC)c1NC(=O)/C=C/c1c(Cl)nc2ccccn12. The summed E-state index contributed by atoms with van der Waals surface area (Å²) in [4.78, 5) is 16.8. The first-order valence-electron chi connectivity index (χ1n) is 8.47. The number of amides is 1. The second-order valence-electron chi connectivity index (χ2n) is 5.81. The van der Waals surface area contributed by atoms with Gasteiger partial charge in [0, 0.05) is 23.0 Å². The first kappa shape index (κ1) is 18.5. The van der Waals surface area contributed by atoms with Gasteiger partial charge in [-0.15, -0.1) is 0 Å². The van der Waals surface area contributed by atoms with Gasteiger partial charge in [-0.05, 0) is 48.2 Å². The molecule has 1 amide bonds. The maximum Gasteiger partial charge on any atom is 0.248 e. The Labute approximate surface area is 162 Å². The van der Waals surface area contributed by atoms with Crippen LogP contribution in [-0.2, 0) is 17.6 Å². The molecule has 3 rings (SSSR count). The van der Waals surface area contributed by atoms with Crippen LogP contribution in [0.25, 0.3) is 11.7 Å². The quantitative estimate of drug-likeness (QED) is 0.594. The Balaban J connectivity index is 1.89. The van der Waals surface area contributed by atoms with Gasteiger partial charge in [0.25, 0.3) is 0 Å². The van der Waals surface area contributed by atoms with E-state index in [4.69, 9.17) is 23.2 Å². The third-order valence-electron chi connectivity index (χ3n) is 4.24. The summed E-state index contributed by atoms with van der Waals surface area (Å²) in [6.07, 6.45) is 6.53. The normalized spacial score (nSPS) is 11.4. The molecule has 2 aromatic heterocycles. The lowest BCUT2D eigenvalue weighted by molar-refractivity contribution is -0.111. The summed E-state index contributed by atoms with van der Waals surface area (Å²) in [6.45, 7) is 4.07. The fourth-order valence-corrected chi connectivity index (χ4v) is 3.45. The van der Waals surface area contributed by atoms with Crippen molar-refractivity contribution in [2.24, 2.45) is 0 Å². The number of carbonyl (C=O) groups is 1. The van der Waals surface area contributed by atoms with Crippen molar-refractivity contribution in [2.75, 3.05) is 5.32 Å². The van der Waals surface area contributed by atoms with Crippen LogP contribution in [0.3, 0.4) is 0 Å². The minimum Gasteiger partial charge on any atom is -0.322 e. The number of fused-ring (bicyclic) bond motifs is 1. The summed E-state index contributed by atoms with van der Waals surface area (Å²) in [5.74, 6) is -0.237. The van der Waals surface area contributed by atoms with Crippen LogP contribution in [-0.4, -0.2) is 15.3 Å². The van der Waals surface area contributed by atoms with Gasteiger partial charge in [-0.1, -0.05) is 49.2 Å². The van der Waals surface area contributed by atoms with Gasteiger partial charge in [-0.3, -0.25) is 9.20 Å². The van der Waals surface area contributed by atoms with Gasteiger partial charge in [0.1, 0.15) is 5.65 Å². The Morgan fingerprint density at radius 1 is 1.19 bits per heavy atom.